The fourth-order valence-electron chi connectivity index (χ4n) is 2.78. The molecule has 0 saturated heterocycles. The second kappa shape index (κ2) is 8.63. The first-order valence-electron chi connectivity index (χ1n) is 8.93. The quantitative estimate of drug-likeness (QED) is 0.591. The molecule has 0 aliphatic heterocycles. The third-order valence-electron chi connectivity index (χ3n) is 4.23. The first-order chi connectivity index (χ1) is 14.0. The van der Waals surface area contributed by atoms with Gasteiger partial charge in [-0.25, -0.2) is 18.4 Å². The van der Waals surface area contributed by atoms with Crippen molar-refractivity contribution < 1.29 is 18.3 Å². The van der Waals surface area contributed by atoms with E-state index in [2.05, 4.69) is 10.4 Å². The summed E-state index contributed by atoms with van der Waals surface area (Å²) in [5.41, 5.74) is -0.963. The van der Waals surface area contributed by atoms with Gasteiger partial charge in [0.15, 0.2) is 5.82 Å². The van der Waals surface area contributed by atoms with E-state index in [0.29, 0.717) is 15.8 Å². The number of anilines is 1. The number of methoxy groups -OCH3 is 1. The van der Waals surface area contributed by atoms with Gasteiger partial charge in [-0.15, -0.1) is 4.68 Å². The second-order valence-electron chi connectivity index (χ2n) is 6.14. The molecule has 10 heteroatoms. The lowest BCUT2D eigenvalue weighted by molar-refractivity contribution is 0.243. The highest BCUT2D eigenvalue weighted by molar-refractivity contribution is 5.92. The number of aromatic nitrogens is 4. The van der Waals surface area contributed by atoms with Gasteiger partial charge < -0.3 is 4.74 Å². The maximum Gasteiger partial charge on any atom is 0.377 e. The minimum Gasteiger partial charge on any atom is -0.494 e. The fraction of sp³-hybridized carbons (Fsp3) is 0.263. The number of para-hydroxylation sites is 1. The van der Waals surface area contributed by atoms with Gasteiger partial charge in [-0.1, -0.05) is 25.5 Å². The Bertz CT molecular complexity index is 1080. The monoisotopic (exact) mass is 403 g/mol. The van der Waals surface area contributed by atoms with Crippen molar-refractivity contribution in [2.24, 2.45) is 0 Å². The zero-order valence-electron chi connectivity index (χ0n) is 15.9. The first kappa shape index (κ1) is 20.2. The Kier molecular flexibility index (Phi) is 6.01. The number of ether oxygens (including phenoxy) is 1. The Morgan fingerprint density at radius 1 is 1.17 bits per heavy atom. The van der Waals surface area contributed by atoms with E-state index in [1.807, 2.05) is 6.92 Å². The van der Waals surface area contributed by atoms with Gasteiger partial charge >= 0.3 is 11.7 Å². The molecule has 1 aromatic heterocycles. The van der Waals surface area contributed by atoms with Gasteiger partial charge in [0.2, 0.25) is 0 Å². The summed E-state index contributed by atoms with van der Waals surface area (Å²) in [5, 5.41) is 7.22. The summed E-state index contributed by atoms with van der Waals surface area (Å²) in [5.74, 6) is -1.23. The predicted molar refractivity (Wildman–Crippen MR) is 102 cm³/mol. The topological polar surface area (TPSA) is 82.2 Å². The van der Waals surface area contributed by atoms with Crippen LogP contribution in [-0.2, 0) is 0 Å². The molecule has 2 aromatic carbocycles. The molecule has 1 amide bonds. The lowest BCUT2D eigenvalue weighted by Crippen LogP contribution is -2.41. The molecule has 0 aliphatic rings. The molecule has 3 rings (SSSR count). The van der Waals surface area contributed by atoms with Gasteiger partial charge in [0.05, 0.1) is 7.11 Å². The molecule has 0 radical (unpaired) electrons. The number of rotatable bonds is 6. The molecule has 0 bridgehead atoms. The minimum atomic E-state index is -0.976. The van der Waals surface area contributed by atoms with Gasteiger partial charge in [0.25, 0.3) is 0 Å². The van der Waals surface area contributed by atoms with E-state index in [0.717, 1.165) is 12.5 Å². The number of carbonyl (C=O) groups excluding carboxylic acids is 1. The molecular weight excluding hydrogens is 384 g/mol. The summed E-state index contributed by atoms with van der Waals surface area (Å²) in [6.07, 6.45) is 1.39. The highest BCUT2D eigenvalue weighted by Gasteiger charge is 2.25. The van der Waals surface area contributed by atoms with Crippen LogP contribution in [0.5, 0.6) is 5.75 Å². The third kappa shape index (κ3) is 4.00. The summed E-state index contributed by atoms with van der Waals surface area (Å²) < 4.78 is 34.2. The molecule has 0 aliphatic carbocycles. The number of tetrazole rings is 1. The maximum atomic E-state index is 14.3. The number of amides is 1. The molecule has 0 fully saturated rings. The van der Waals surface area contributed by atoms with Crippen molar-refractivity contribution >= 4 is 11.7 Å². The first-order valence-corrected chi connectivity index (χ1v) is 8.93. The second-order valence-corrected chi connectivity index (χ2v) is 6.14. The van der Waals surface area contributed by atoms with E-state index in [1.165, 1.54) is 42.3 Å². The van der Waals surface area contributed by atoms with Crippen LogP contribution in [0, 0.1) is 11.6 Å². The Labute approximate surface area is 164 Å². The SMILES string of the molecule is CCCCN(C(=O)n1nnn(-c2c(F)cccc2OC)c1=O)c1cccc(F)c1. The average molecular weight is 403 g/mol. The molecule has 3 aromatic rings. The van der Waals surface area contributed by atoms with E-state index in [9.17, 15) is 18.4 Å². The fourth-order valence-corrected chi connectivity index (χ4v) is 2.78. The molecule has 0 N–H and O–H groups in total. The lowest BCUT2D eigenvalue weighted by atomic mass is 10.2. The van der Waals surface area contributed by atoms with Crippen LogP contribution in [0.15, 0.2) is 47.3 Å². The van der Waals surface area contributed by atoms with Crippen molar-refractivity contribution in [3.63, 3.8) is 0 Å². The van der Waals surface area contributed by atoms with Crippen molar-refractivity contribution in [1.82, 2.24) is 19.8 Å². The molecule has 152 valence electrons. The van der Waals surface area contributed by atoms with Crippen LogP contribution in [0.25, 0.3) is 5.69 Å². The van der Waals surface area contributed by atoms with E-state index >= 15 is 0 Å². The molecule has 29 heavy (non-hydrogen) atoms. The summed E-state index contributed by atoms with van der Waals surface area (Å²) in [6, 6.07) is 8.61. The third-order valence-corrected chi connectivity index (χ3v) is 4.23. The lowest BCUT2D eigenvalue weighted by Gasteiger charge is -2.21. The van der Waals surface area contributed by atoms with Gasteiger partial charge in [-0.05, 0) is 47.2 Å². The van der Waals surface area contributed by atoms with Crippen LogP contribution in [-0.4, -0.2) is 39.5 Å². The number of halogens is 2. The Morgan fingerprint density at radius 2 is 1.93 bits per heavy atom. The maximum absolute atomic E-state index is 14.3. The van der Waals surface area contributed by atoms with Crippen molar-refractivity contribution in [1.29, 1.82) is 0 Å². The number of benzene rings is 2. The van der Waals surface area contributed by atoms with E-state index in [4.69, 9.17) is 4.74 Å². The molecule has 0 spiro atoms. The molecule has 0 unspecified atom stereocenters. The van der Waals surface area contributed by atoms with Crippen molar-refractivity contribution in [3.05, 3.63) is 64.6 Å². The van der Waals surface area contributed by atoms with E-state index < -0.39 is 23.4 Å². The number of unbranched alkanes of at least 4 members (excludes halogenated alkanes) is 1. The summed E-state index contributed by atoms with van der Waals surface area (Å²) in [6.45, 7) is 2.17. The van der Waals surface area contributed by atoms with Crippen molar-refractivity contribution in [2.45, 2.75) is 19.8 Å². The van der Waals surface area contributed by atoms with Gasteiger partial charge in [-0.3, -0.25) is 4.90 Å². The molecule has 0 saturated carbocycles. The van der Waals surface area contributed by atoms with Crippen LogP contribution in [0.1, 0.15) is 19.8 Å². The Hall–Kier alpha value is -3.56. The highest BCUT2D eigenvalue weighted by Crippen LogP contribution is 2.23. The van der Waals surface area contributed by atoms with Crippen molar-refractivity contribution in [3.8, 4) is 11.4 Å². The number of hydrogen-bond acceptors (Lipinski definition) is 5. The standard InChI is InChI=1S/C19H19F2N5O3/c1-3-4-11-24(14-8-5-7-13(20)12-14)18(27)26-19(28)25(22-23-26)17-15(21)9-6-10-16(17)29-2/h5-10,12H,3-4,11H2,1-2H3. The number of hydrogen-bond donors (Lipinski definition) is 0. The van der Waals surface area contributed by atoms with Crippen LogP contribution < -0.4 is 15.3 Å². The van der Waals surface area contributed by atoms with Gasteiger partial charge in [-0.2, -0.15) is 4.68 Å². The molecule has 8 nitrogen and oxygen atoms in total. The van der Waals surface area contributed by atoms with E-state index in [1.54, 1.807) is 6.07 Å². The molecule has 0 atom stereocenters. The molecule has 1 heterocycles. The van der Waals surface area contributed by atoms with Crippen LogP contribution in [0.4, 0.5) is 19.3 Å². The normalized spacial score (nSPS) is 10.8. The Morgan fingerprint density at radius 3 is 2.62 bits per heavy atom. The number of nitrogens with zero attached hydrogens (tertiary/aromatic N) is 5. The van der Waals surface area contributed by atoms with Gasteiger partial charge in [0.1, 0.15) is 17.3 Å². The van der Waals surface area contributed by atoms with Crippen LogP contribution >= 0.6 is 0 Å². The highest BCUT2D eigenvalue weighted by atomic mass is 19.1. The zero-order chi connectivity index (χ0) is 21.0. The molecular formula is C19H19F2N5O3. The van der Waals surface area contributed by atoms with Crippen LogP contribution in [0.3, 0.4) is 0 Å². The Balaban J connectivity index is 2.04. The predicted octanol–water partition coefficient (Wildman–Crippen LogP) is 2.99. The average Bonchev–Trinajstić information content (AvgIpc) is 3.09. The minimum absolute atomic E-state index is 0.0552. The summed E-state index contributed by atoms with van der Waals surface area (Å²) in [7, 11) is 1.31. The van der Waals surface area contributed by atoms with Crippen molar-refractivity contribution in [2.75, 3.05) is 18.6 Å². The summed E-state index contributed by atoms with van der Waals surface area (Å²) >= 11 is 0. The van der Waals surface area contributed by atoms with Crippen LogP contribution in [0.2, 0.25) is 0 Å². The number of carbonyl (C=O) groups is 1. The van der Waals surface area contributed by atoms with Gasteiger partial charge in [0, 0.05) is 12.2 Å². The zero-order valence-corrected chi connectivity index (χ0v) is 15.9. The smallest absolute Gasteiger partial charge is 0.377 e. The largest absolute Gasteiger partial charge is 0.494 e. The van der Waals surface area contributed by atoms with E-state index in [-0.39, 0.29) is 23.7 Å². The summed E-state index contributed by atoms with van der Waals surface area (Å²) in [4.78, 5) is 27.0.